The van der Waals surface area contributed by atoms with E-state index in [1.807, 2.05) is 31.2 Å². The second kappa shape index (κ2) is 9.43. The third-order valence-corrected chi connectivity index (χ3v) is 5.53. The molecule has 0 unspecified atom stereocenters. The van der Waals surface area contributed by atoms with Crippen LogP contribution in [0.4, 0.5) is 15.2 Å². The molecule has 0 bridgehead atoms. The lowest BCUT2D eigenvalue weighted by Gasteiger charge is -2.04. The summed E-state index contributed by atoms with van der Waals surface area (Å²) in [6.07, 6.45) is 0.112. The number of nitrogens with one attached hydrogen (secondary N) is 2. The van der Waals surface area contributed by atoms with Crippen LogP contribution in [-0.4, -0.2) is 27.8 Å². The van der Waals surface area contributed by atoms with Gasteiger partial charge >= 0.3 is 0 Å². The molecule has 2 aromatic carbocycles. The van der Waals surface area contributed by atoms with Crippen LogP contribution in [0.2, 0.25) is 0 Å². The van der Waals surface area contributed by atoms with Crippen LogP contribution < -0.4 is 10.6 Å². The van der Waals surface area contributed by atoms with E-state index in [0.717, 1.165) is 11.3 Å². The van der Waals surface area contributed by atoms with E-state index < -0.39 is 0 Å². The number of hydrogen-bond donors (Lipinski definition) is 2. The van der Waals surface area contributed by atoms with Crippen molar-refractivity contribution in [3.8, 4) is 0 Å². The fourth-order valence-corrected chi connectivity index (χ4v) is 3.89. The van der Waals surface area contributed by atoms with Gasteiger partial charge in [0.1, 0.15) is 5.82 Å². The number of anilines is 2. The van der Waals surface area contributed by atoms with Gasteiger partial charge in [-0.2, -0.15) is 0 Å². The molecular formula is C19H17FN4O2S2. The molecule has 2 amide bonds. The highest BCUT2D eigenvalue weighted by Gasteiger charge is 2.11. The van der Waals surface area contributed by atoms with Gasteiger partial charge in [-0.25, -0.2) is 4.39 Å². The molecule has 144 valence electrons. The quantitative estimate of drug-likeness (QED) is 0.451. The molecule has 0 atom stereocenters. The molecule has 0 fully saturated rings. The van der Waals surface area contributed by atoms with E-state index >= 15 is 0 Å². The number of carbonyl (C=O) groups excluding carboxylic acids is 2. The summed E-state index contributed by atoms with van der Waals surface area (Å²) < 4.78 is 13.5. The van der Waals surface area contributed by atoms with Crippen molar-refractivity contribution in [1.82, 2.24) is 10.2 Å². The lowest BCUT2D eigenvalue weighted by molar-refractivity contribution is -0.115. The zero-order chi connectivity index (χ0) is 19.9. The SMILES string of the molecule is Cc1cccc(NC(=O)CSc2nnc(NC(=O)Cc3ccc(F)cc3)s2)c1. The van der Waals surface area contributed by atoms with Crippen LogP contribution in [0.1, 0.15) is 11.1 Å². The summed E-state index contributed by atoms with van der Waals surface area (Å²) in [5.41, 5.74) is 2.51. The molecule has 0 aliphatic heterocycles. The van der Waals surface area contributed by atoms with E-state index in [1.165, 1.54) is 35.2 Å². The van der Waals surface area contributed by atoms with E-state index in [9.17, 15) is 14.0 Å². The van der Waals surface area contributed by atoms with Crippen LogP contribution >= 0.6 is 23.1 Å². The number of carbonyl (C=O) groups is 2. The van der Waals surface area contributed by atoms with Crippen molar-refractivity contribution in [2.75, 3.05) is 16.4 Å². The second-order valence-corrected chi connectivity index (χ2v) is 8.13. The number of nitrogens with zero attached hydrogens (tertiary/aromatic N) is 2. The van der Waals surface area contributed by atoms with Gasteiger partial charge in [-0.05, 0) is 42.3 Å². The number of hydrogen-bond acceptors (Lipinski definition) is 6. The standard InChI is InChI=1S/C19H17FN4O2S2/c1-12-3-2-4-15(9-12)21-17(26)11-27-19-24-23-18(28-19)22-16(25)10-13-5-7-14(20)8-6-13/h2-9H,10-11H2,1H3,(H,21,26)(H,22,23,25). The number of benzene rings is 2. The highest BCUT2D eigenvalue weighted by atomic mass is 32.2. The van der Waals surface area contributed by atoms with Crippen molar-refractivity contribution < 1.29 is 14.0 Å². The lowest BCUT2D eigenvalue weighted by Crippen LogP contribution is -2.14. The van der Waals surface area contributed by atoms with Crippen molar-refractivity contribution >= 4 is 45.7 Å². The molecule has 0 aliphatic rings. The molecule has 0 saturated carbocycles. The minimum atomic E-state index is -0.346. The highest BCUT2D eigenvalue weighted by molar-refractivity contribution is 8.01. The minimum absolute atomic E-state index is 0.112. The maximum absolute atomic E-state index is 12.9. The molecule has 1 aromatic heterocycles. The average Bonchev–Trinajstić information content (AvgIpc) is 3.09. The fraction of sp³-hybridized carbons (Fsp3) is 0.158. The summed E-state index contributed by atoms with van der Waals surface area (Å²) >= 11 is 2.44. The Morgan fingerprint density at radius 2 is 1.86 bits per heavy atom. The van der Waals surface area contributed by atoms with Gasteiger partial charge in [0.2, 0.25) is 16.9 Å². The van der Waals surface area contributed by atoms with Crippen LogP contribution in [0, 0.1) is 12.7 Å². The van der Waals surface area contributed by atoms with Gasteiger partial charge in [0, 0.05) is 5.69 Å². The Kier molecular flexibility index (Phi) is 6.72. The van der Waals surface area contributed by atoms with Crippen molar-refractivity contribution in [1.29, 1.82) is 0 Å². The van der Waals surface area contributed by atoms with E-state index in [0.29, 0.717) is 15.0 Å². The zero-order valence-corrected chi connectivity index (χ0v) is 16.6. The second-order valence-electron chi connectivity index (χ2n) is 5.93. The van der Waals surface area contributed by atoms with Gasteiger partial charge in [-0.1, -0.05) is 47.4 Å². The minimum Gasteiger partial charge on any atom is -0.325 e. The predicted molar refractivity (Wildman–Crippen MR) is 109 cm³/mol. The Balaban J connectivity index is 1.46. The first-order chi connectivity index (χ1) is 13.5. The Labute approximate surface area is 169 Å². The van der Waals surface area contributed by atoms with Crippen LogP contribution in [-0.2, 0) is 16.0 Å². The topological polar surface area (TPSA) is 84.0 Å². The van der Waals surface area contributed by atoms with Crippen molar-refractivity contribution in [2.45, 2.75) is 17.7 Å². The molecule has 3 aromatic rings. The van der Waals surface area contributed by atoms with Gasteiger partial charge < -0.3 is 10.6 Å². The molecule has 2 N–H and O–H groups in total. The number of thioether (sulfide) groups is 1. The summed E-state index contributed by atoms with van der Waals surface area (Å²) in [5.74, 6) is -0.572. The Morgan fingerprint density at radius 3 is 2.61 bits per heavy atom. The van der Waals surface area contributed by atoms with Gasteiger partial charge in [-0.3, -0.25) is 9.59 Å². The molecular weight excluding hydrogens is 399 g/mol. The number of rotatable bonds is 7. The largest absolute Gasteiger partial charge is 0.325 e. The summed E-state index contributed by atoms with van der Waals surface area (Å²) in [4.78, 5) is 24.1. The maximum atomic E-state index is 12.9. The van der Waals surface area contributed by atoms with E-state index in [1.54, 1.807) is 12.1 Å². The number of halogens is 1. The number of aromatic nitrogens is 2. The van der Waals surface area contributed by atoms with Crippen molar-refractivity contribution in [3.05, 3.63) is 65.5 Å². The first kappa shape index (κ1) is 20.0. The van der Waals surface area contributed by atoms with Crippen LogP contribution in [0.5, 0.6) is 0 Å². The van der Waals surface area contributed by atoms with Crippen molar-refractivity contribution in [3.63, 3.8) is 0 Å². The van der Waals surface area contributed by atoms with Crippen molar-refractivity contribution in [2.24, 2.45) is 0 Å². The summed E-state index contributed by atoms with van der Waals surface area (Å²) in [5, 5.41) is 13.7. The molecule has 6 nitrogen and oxygen atoms in total. The van der Waals surface area contributed by atoms with Crippen LogP contribution in [0.15, 0.2) is 52.9 Å². The first-order valence-corrected chi connectivity index (χ1v) is 10.2. The zero-order valence-electron chi connectivity index (χ0n) is 14.9. The Hall–Kier alpha value is -2.78. The van der Waals surface area contributed by atoms with Gasteiger partial charge in [0.05, 0.1) is 12.2 Å². The van der Waals surface area contributed by atoms with Gasteiger partial charge in [0.25, 0.3) is 0 Å². The van der Waals surface area contributed by atoms with Crippen LogP contribution in [0.25, 0.3) is 0 Å². The summed E-state index contributed by atoms with van der Waals surface area (Å²) in [6.45, 7) is 1.96. The van der Waals surface area contributed by atoms with E-state index in [2.05, 4.69) is 20.8 Å². The first-order valence-electron chi connectivity index (χ1n) is 8.35. The number of aryl methyl sites for hydroxylation is 1. The van der Waals surface area contributed by atoms with E-state index in [4.69, 9.17) is 0 Å². The molecule has 0 saturated heterocycles. The maximum Gasteiger partial charge on any atom is 0.234 e. The normalized spacial score (nSPS) is 10.5. The Morgan fingerprint density at radius 1 is 1.07 bits per heavy atom. The van der Waals surface area contributed by atoms with Gasteiger partial charge in [0.15, 0.2) is 4.34 Å². The third-order valence-electron chi connectivity index (χ3n) is 3.56. The average molecular weight is 417 g/mol. The molecule has 0 radical (unpaired) electrons. The highest BCUT2D eigenvalue weighted by Crippen LogP contribution is 2.25. The monoisotopic (exact) mass is 416 g/mol. The Bertz CT molecular complexity index is 976. The molecule has 1 heterocycles. The fourth-order valence-electron chi connectivity index (χ4n) is 2.32. The predicted octanol–water partition coefficient (Wildman–Crippen LogP) is 3.90. The third kappa shape index (κ3) is 6.14. The molecule has 3 rings (SSSR count). The summed E-state index contributed by atoms with van der Waals surface area (Å²) in [6, 6.07) is 13.3. The smallest absolute Gasteiger partial charge is 0.234 e. The lowest BCUT2D eigenvalue weighted by atomic mass is 10.1. The molecule has 9 heteroatoms. The molecule has 0 aliphatic carbocycles. The molecule has 28 heavy (non-hydrogen) atoms. The number of amides is 2. The van der Waals surface area contributed by atoms with E-state index in [-0.39, 0.29) is 29.8 Å². The summed E-state index contributed by atoms with van der Waals surface area (Å²) in [7, 11) is 0. The van der Waals surface area contributed by atoms with Crippen LogP contribution in [0.3, 0.4) is 0 Å². The van der Waals surface area contributed by atoms with Gasteiger partial charge in [-0.15, -0.1) is 10.2 Å². The molecule has 0 spiro atoms.